The van der Waals surface area contributed by atoms with Crippen molar-refractivity contribution in [2.45, 2.75) is 26.7 Å². The third kappa shape index (κ3) is 3.20. The topological polar surface area (TPSA) is 59.8 Å². The molecule has 1 aromatic heterocycles. The molecule has 1 N–H and O–H groups in total. The Labute approximate surface area is 141 Å². The van der Waals surface area contributed by atoms with Crippen molar-refractivity contribution >= 4 is 11.6 Å². The fourth-order valence-electron chi connectivity index (χ4n) is 2.50. The van der Waals surface area contributed by atoms with Gasteiger partial charge in [-0.2, -0.15) is 0 Å². The molecule has 1 amide bonds. The van der Waals surface area contributed by atoms with Crippen LogP contribution < -0.4 is 5.32 Å². The number of amides is 1. The molecule has 3 aromatic rings. The Balaban J connectivity index is 1.80. The normalized spacial score (nSPS) is 10.8. The van der Waals surface area contributed by atoms with Gasteiger partial charge in [0.05, 0.1) is 11.4 Å². The highest BCUT2D eigenvalue weighted by Gasteiger charge is 2.17. The molecule has 122 valence electrons. The molecular weight excluding hydrogens is 300 g/mol. The number of carbonyl (C=O) groups is 1. The molecule has 1 heterocycles. The first-order chi connectivity index (χ1) is 11.6. The molecule has 0 aliphatic carbocycles. The number of benzene rings is 2. The number of nitrogens with one attached hydrogen (secondary N) is 1. The van der Waals surface area contributed by atoms with E-state index in [1.807, 2.05) is 61.5 Å². The Morgan fingerprint density at radius 3 is 2.33 bits per heavy atom. The average molecular weight is 320 g/mol. The van der Waals surface area contributed by atoms with Crippen LogP contribution in [0.4, 0.5) is 5.69 Å². The molecular formula is C19H20N4O. The summed E-state index contributed by atoms with van der Waals surface area (Å²) in [7, 11) is 0. The highest BCUT2D eigenvalue weighted by atomic mass is 16.2. The van der Waals surface area contributed by atoms with E-state index in [2.05, 4.69) is 29.5 Å². The van der Waals surface area contributed by atoms with E-state index in [1.54, 1.807) is 4.68 Å². The maximum Gasteiger partial charge on any atom is 0.278 e. The lowest BCUT2D eigenvalue weighted by molar-refractivity contribution is 0.102. The minimum atomic E-state index is -0.257. The monoisotopic (exact) mass is 320 g/mol. The molecule has 0 spiro atoms. The maximum atomic E-state index is 12.5. The van der Waals surface area contributed by atoms with Crippen LogP contribution >= 0.6 is 0 Å². The zero-order valence-electron chi connectivity index (χ0n) is 14.0. The summed E-state index contributed by atoms with van der Waals surface area (Å²) in [6, 6.07) is 17.5. The van der Waals surface area contributed by atoms with E-state index in [0.29, 0.717) is 17.3 Å². The van der Waals surface area contributed by atoms with E-state index in [0.717, 1.165) is 11.4 Å². The van der Waals surface area contributed by atoms with E-state index >= 15 is 0 Å². The summed E-state index contributed by atoms with van der Waals surface area (Å²) in [5, 5.41) is 11.0. The largest absolute Gasteiger partial charge is 0.321 e. The number of para-hydroxylation sites is 1. The fourth-order valence-corrected chi connectivity index (χ4v) is 2.50. The van der Waals surface area contributed by atoms with Crippen molar-refractivity contribution in [1.29, 1.82) is 0 Å². The standard InChI is InChI=1S/C19H20N4O/c1-13(2)15-9-11-16(12-10-15)20-19(24)18-14(3)23(22-21-18)17-7-5-4-6-8-17/h4-13H,1-3H3,(H,20,24). The quantitative estimate of drug-likeness (QED) is 0.792. The van der Waals surface area contributed by atoms with Crippen LogP contribution in [0.25, 0.3) is 5.69 Å². The Morgan fingerprint density at radius 2 is 1.71 bits per heavy atom. The second kappa shape index (κ2) is 6.66. The number of anilines is 1. The Morgan fingerprint density at radius 1 is 1.04 bits per heavy atom. The minimum absolute atomic E-state index is 0.257. The molecule has 5 nitrogen and oxygen atoms in total. The molecule has 0 aliphatic heterocycles. The summed E-state index contributed by atoms with van der Waals surface area (Å²) in [5.41, 5.74) is 3.89. The number of carbonyl (C=O) groups excluding carboxylic acids is 1. The molecule has 24 heavy (non-hydrogen) atoms. The first-order valence-electron chi connectivity index (χ1n) is 7.95. The van der Waals surface area contributed by atoms with E-state index in [9.17, 15) is 4.79 Å². The summed E-state index contributed by atoms with van der Waals surface area (Å²) in [6.07, 6.45) is 0. The molecule has 5 heteroatoms. The van der Waals surface area contributed by atoms with Gasteiger partial charge in [0.25, 0.3) is 5.91 Å². The van der Waals surface area contributed by atoms with Crippen molar-refractivity contribution in [3.63, 3.8) is 0 Å². The van der Waals surface area contributed by atoms with Crippen molar-refractivity contribution in [1.82, 2.24) is 15.0 Å². The van der Waals surface area contributed by atoms with Crippen molar-refractivity contribution in [2.75, 3.05) is 5.32 Å². The fraction of sp³-hybridized carbons (Fsp3) is 0.211. The van der Waals surface area contributed by atoms with Gasteiger partial charge < -0.3 is 5.32 Å². The number of rotatable bonds is 4. The van der Waals surface area contributed by atoms with Crippen molar-refractivity contribution in [3.8, 4) is 5.69 Å². The molecule has 0 fully saturated rings. The summed E-state index contributed by atoms with van der Waals surface area (Å²) in [5.74, 6) is 0.203. The molecule has 2 aromatic carbocycles. The van der Waals surface area contributed by atoms with Gasteiger partial charge in [0.2, 0.25) is 0 Å². The molecule has 0 aliphatic rings. The first kappa shape index (κ1) is 15.9. The predicted octanol–water partition coefficient (Wildman–Crippen LogP) is 3.95. The SMILES string of the molecule is Cc1c(C(=O)Nc2ccc(C(C)C)cc2)nnn1-c1ccccc1. The van der Waals surface area contributed by atoms with Gasteiger partial charge >= 0.3 is 0 Å². The third-order valence-electron chi connectivity index (χ3n) is 3.95. The molecule has 0 saturated carbocycles. The lowest BCUT2D eigenvalue weighted by Gasteiger charge is -2.08. The maximum absolute atomic E-state index is 12.5. The van der Waals surface area contributed by atoms with Crippen LogP contribution in [0.2, 0.25) is 0 Å². The van der Waals surface area contributed by atoms with Crippen LogP contribution in [0.1, 0.15) is 41.5 Å². The number of nitrogens with zero attached hydrogens (tertiary/aromatic N) is 3. The molecule has 0 saturated heterocycles. The second-order valence-corrected chi connectivity index (χ2v) is 6.00. The smallest absolute Gasteiger partial charge is 0.278 e. The van der Waals surface area contributed by atoms with Gasteiger partial charge in [0.15, 0.2) is 5.69 Å². The van der Waals surface area contributed by atoms with Crippen LogP contribution in [-0.2, 0) is 0 Å². The van der Waals surface area contributed by atoms with Crippen molar-refractivity contribution in [3.05, 3.63) is 71.5 Å². The Kier molecular flexibility index (Phi) is 4.42. The van der Waals surface area contributed by atoms with E-state index < -0.39 is 0 Å². The summed E-state index contributed by atoms with van der Waals surface area (Å²) in [6.45, 7) is 6.11. The molecule has 0 unspecified atom stereocenters. The van der Waals surface area contributed by atoms with Crippen LogP contribution in [0, 0.1) is 6.92 Å². The van der Waals surface area contributed by atoms with Gasteiger partial charge in [0.1, 0.15) is 0 Å². The lowest BCUT2D eigenvalue weighted by Crippen LogP contribution is -2.14. The first-order valence-corrected chi connectivity index (χ1v) is 7.95. The van der Waals surface area contributed by atoms with Gasteiger partial charge in [-0.05, 0) is 42.7 Å². The third-order valence-corrected chi connectivity index (χ3v) is 3.95. The lowest BCUT2D eigenvalue weighted by atomic mass is 10.0. The molecule has 3 rings (SSSR count). The van der Waals surface area contributed by atoms with Gasteiger partial charge in [-0.15, -0.1) is 5.10 Å². The van der Waals surface area contributed by atoms with Crippen molar-refractivity contribution in [2.24, 2.45) is 0 Å². The summed E-state index contributed by atoms with van der Waals surface area (Å²) < 4.78 is 1.66. The highest BCUT2D eigenvalue weighted by Crippen LogP contribution is 2.18. The van der Waals surface area contributed by atoms with E-state index in [-0.39, 0.29) is 5.91 Å². The average Bonchev–Trinajstić information content (AvgIpc) is 2.98. The van der Waals surface area contributed by atoms with Crippen molar-refractivity contribution < 1.29 is 4.79 Å². The van der Waals surface area contributed by atoms with E-state index in [1.165, 1.54) is 5.56 Å². The van der Waals surface area contributed by atoms with Crippen LogP contribution in [0.15, 0.2) is 54.6 Å². The highest BCUT2D eigenvalue weighted by molar-refractivity contribution is 6.03. The minimum Gasteiger partial charge on any atom is -0.321 e. The van der Waals surface area contributed by atoms with Gasteiger partial charge in [-0.3, -0.25) is 4.79 Å². The van der Waals surface area contributed by atoms with Gasteiger partial charge in [0, 0.05) is 5.69 Å². The van der Waals surface area contributed by atoms with Crippen LogP contribution in [0.5, 0.6) is 0 Å². The van der Waals surface area contributed by atoms with Crippen LogP contribution in [-0.4, -0.2) is 20.9 Å². The zero-order chi connectivity index (χ0) is 17.1. The number of hydrogen-bond acceptors (Lipinski definition) is 3. The number of aromatic nitrogens is 3. The molecule has 0 bridgehead atoms. The van der Waals surface area contributed by atoms with Gasteiger partial charge in [-0.1, -0.05) is 49.4 Å². The summed E-state index contributed by atoms with van der Waals surface area (Å²) in [4.78, 5) is 12.5. The predicted molar refractivity (Wildman–Crippen MR) is 94.6 cm³/mol. The van der Waals surface area contributed by atoms with Gasteiger partial charge in [-0.25, -0.2) is 4.68 Å². The Hall–Kier alpha value is -2.95. The van der Waals surface area contributed by atoms with Crippen LogP contribution in [0.3, 0.4) is 0 Å². The van der Waals surface area contributed by atoms with E-state index in [4.69, 9.17) is 0 Å². The molecule has 0 atom stereocenters. The zero-order valence-corrected chi connectivity index (χ0v) is 14.0. The Bertz CT molecular complexity index is 836. The summed E-state index contributed by atoms with van der Waals surface area (Å²) >= 11 is 0. The molecule has 0 radical (unpaired) electrons. The second-order valence-electron chi connectivity index (χ2n) is 6.00. The number of hydrogen-bond donors (Lipinski definition) is 1.